The minimum atomic E-state index is -1.22. The molecule has 0 saturated carbocycles. The molecule has 0 unspecified atom stereocenters. The fourth-order valence-corrected chi connectivity index (χ4v) is 12.1. The summed E-state index contributed by atoms with van der Waals surface area (Å²) >= 11 is 7.50. The Morgan fingerprint density at radius 2 is 1.15 bits per heavy atom. The number of nitrogens with one attached hydrogen (secondary N) is 2. The van der Waals surface area contributed by atoms with Gasteiger partial charge in [-0.1, -0.05) is 33.8 Å². The molecule has 8 heterocycles. The molecule has 4 aromatic rings. The summed E-state index contributed by atoms with van der Waals surface area (Å²) in [4.78, 5) is 95.1. The zero-order valence-corrected chi connectivity index (χ0v) is 40.4. The number of thiazole rings is 2. The highest BCUT2D eigenvalue weighted by Gasteiger charge is 2.56. The van der Waals surface area contributed by atoms with Crippen LogP contribution in [0.15, 0.2) is 53.9 Å². The zero-order valence-electron chi connectivity index (χ0n) is 35.7. The maximum absolute atomic E-state index is 12.9. The molecule has 8 N–H and O–H groups in total. The molecule has 4 aliphatic rings. The molecule has 8 rings (SSSR count). The first kappa shape index (κ1) is 50.3. The van der Waals surface area contributed by atoms with Crippen LogP contribution < -0.4 is 34.5 Å². The largest absolute Gasteiger partial charge is 1.00 e. The predicted molar refractivity (Wildman–Crippen MR) is 240 cm³/mol. The molecule has 4 amide bonds. The van der Waals surface area contributed by atoms with Gasteiger partial charge in [0.2, 0.25) is 10.3 Å². The molecule has 0 radical (unpaired) electrons. The van der Waals surface area contributed by atoms with E-state index in [1.807, 2.05) is 0 Å². The Bertz CT molecular complexity index is 2550. The Kier molecular flexibility index (Phi) is 16.3. The Balaban J connectivity index is 0.000000247. The first-order chi connectivity index (χ1) is 31.6. The fraction of sp³-hybridized carbons (Fsp3) is 0.375. The third-order valence-electron chi connectivity index (χ3n) is 9.31. The zero-order chi connectivity index (χ0) is 47.4. The van der Waals surface area contributed by atoms with Gasteiger partial charge in [0.15, 0.2) is 21.7 Å². The van der Waals surface area contributed by atoms with Gasteiger partial charge in [-0.2, -0.15) is 0 Å². The molecule has 0 spiro atoms. The van der Waals surface area contributed by atoms with Crippen LogP contribution in [0.25, 0.3) is 0 Å². The van der Waals surface area contributed by atoms with E-state index in [1.54, 1.807) is 24.9 Å². The lowest BCUT2D eigenvalue weighted by molar-refractivity contribution is -0.150. The summed E-state index contributed by atoms with van der Waals surface area (Å²) in [5.41, 5.74) is 12.3. The van der Waals surface area contributed by atoms with Crippen molar-refractivity contribution >= 4 is 127 Å². The number of aromatic nitrogens is 10. The van der Waals surface area contributed by atoms with Gasteiger partial charge >= 0.3 is 13.4 Å². The van der Waals surface area contributed by atoms with Gasteiger partial charge in [0.1, 0.15) is 59.8 Å². The Morgan fingerprint density at radius 3 is 1.45 bits per heavy atom. The van der Waals surface area contributed by atoms with Crippen LogP contribution in [0.1, 0.15) is 12.8 Å². The molecule has 4 atom stereocenters. The van der Waals surface area contributed by atoms with E-state index in [1.165, 1.54) is 80.4 Å². The summed E-state index contributed by atoms with van der Waals surface area (Å²) in [5.74, 6) is -3.54. The molecule has 2 saturated heterocycles. The van der Waals surface area contributed by atoms with Crippen LogP contribution in [-0.2, 0) is 52.5 Å². The Hall–Kier alpha value is -6.07. The Morgan fingerprint density at radius 1 is 0.761 bits per heavy atom. The van der Waals surface area contributed by atoms with Crippen LogP contribution >= 0.6 is 69.7 Å². The van der Waals surface area contributed by atoms with Crippen molar-refractivity contribution in [3.8, 4) is 0 Å². The van der Waals surface area contributed by atoms with Crippen LogP contribution in [0.5, 0.6) is 0 Å². The molecular formula is C32H35ClN18O10S6. The van der Waals surface area contributed by atoms with E-state index >= 15 is 0 Å². The number of tetrazole rings is 2. The second kappa shape index (κ2) is 21.7. The van der Waals surface area contributed by atoms with E-state index in [0.29, 0.717) is 44.5 Å². The number of aliphatic carboxylic acids is 2. The van der Waals surface area contributed by atoms with Crippen molar-refractivity contribution in [3.63, 3.8) is 0 Å². The van der Waals surface area contributed by atoms with Gasteiger partial charge in [-0.15, -0.1) is 56.4 Å². The topological polar surface area (TPSA) is 382 Å². The number of nitrogens with two attached hydrogens (primary N) is 2. The van der Waals surface area contributed by atoms with Crippen LogP contribution in [0.3, 0.4) is 0 Å². The molecular weight excluding hydrogens is 1020 g/mol. The predicted octanol–water partition coefficient (Wildman–Crippen LogP) is -4.62. The molecule has 2 fully saturated rings. The number of halogens is 1. The molecule has 35 heteroatoms. The van der Waals surface area contributed by atoms with Gasteiger partial charge in [-0.3, -0.25) is 29.0 Å². The first-order valence-electron chi connectivity index (χ1n) is 18.4. The van der Waals surface area contributed by atoms with Crippen molar-refractivity contribution < 1.29 is 62.5 Å². The summed E-state index contributed by atoms with van der Waals surface area (Å²) < 4.78 is 2.94. The molecule has 0 aliphatic carbocycles. The number of hydrogen-bond donors (Lipinski definition) is 6. The lowest BCUT2D eigenvalue weighted by Crippen LogP contribution is -3.00. The van der Waals surface area contributed by atoms with Crippen molar-refractivity contribution in [2.24, 2.45) is 24.4 Å². The number of carboxylic acid groups (broad SMARTS) is 2. The lowest BCUT2D eigenvalue weighted by atomic mass is 10.0. The highest BCUT2D eigenvalue weighted by atomic mass is 35.5. The maximum atomic E-state index is 12.9. The van der Waals surface area contributed by atoms with E-state index < -0.39 is 58.4 Å². The molecule has 67 heavy (non-hydrogen) atoms. The van der Waals surface area contributed by atoms with Crippen LogP contribution in [0.4, 0.5) is 10.3 Å². The van der Waals surface area contributed by atoms with Crippen molar-refractivity contribution in [2.75, 3.05) is 48.7 Å². The summed E-state index contributed by atoms with van der Waals surface area (Å²) in [6.45, 7) is 0. The monoisotopic (exact) mass is 1060 g/mol. The van der Waals surface area contributed by atoms with Crippen LogP contribution in [-0.4, -0.2) is 177 Å². The molecule has 4 aromatic heterocycles. The average molecular weight is 1060 g/mol. The number of amides is 4. The Labute approximate surface area is 409 Å². The number of fused-ring (bicyclic) bond motifs is 2. The number of carbonyl (C=O) groups is 6. The highest BCUT2D eigenvalue weighted by molar-refractivity contribution is 8.01. The van der Waals surface area contributed by atoms with Crippen molar-refractivity contribution in [2.45, 2.75) is 33.1 Å². The van der Waals surface area contributed by atoms with Crippen LogP contribution in [0, 0.1) is 0 Å². The average Bonchev–Trinajstić information content (AvgIpc) is 4.12. The lowest BCUT2D eigenvalue weighted by Gasteiger charge is -2.49. The number of anilines is 2. The summed E-state index contributed by atoms with van der Waals surface area (Å²) in [5, 5.41) is 57.9. The van der Waals surface area contributed by atoms with E-state index in [9.17, 15) is 39.0 Å². The van der Waals surface area contributed by atoms with Crippen LogP contribution in [0.2, 0.25) is 0 Å². The third-order valence-corrected chi connectivity index (χ3v) is 15.5. The summed E-state index contributed by atoms with van der Waals surface area (Å²) in [6.07, 6.45) is 0. The summed E-state index contributed by atoms with van der Waals surface area (Å²) in [6, 6.07) is -1.85. The van der Waals surface area contributed by atoms with E-state index in [2.05, 4.69) is 62.0 Å². The van der Waals surface area contributed by atoms with Gasteiger partial charge in [-0.05, 0) is 32.0 Å². The maximum Gasteiger partial charge on any atom is 1.00 e. The number of aryl methyl sites for hydroxylation is 2. The molecule has 356 valence electrons. The van der Waals surface area contributed by atoms with Gasteiger partial charge in [0, 0.05) is 47.9 Å². The molecule has 0 aromatic carbocycles. The normalized spacial score (nSPS) is 20.1. The summed E-state index contributed by atoms with van der Waals surface area (Å²) in [7, 11) is 5.90. The minimum Gasteiger partial charge on any atom is -1.00 e. The second-order valence-electron chi connectivity index (χ2n) is 13.4. The number of hydrogen-bond acceptors (Lipinski definition) is 26. The standard InChI is InChI=1S/2C16H17N9O5S3.ClH/c2*1-24-16(20-22-23-24)33-4-6-3-31-13-9(12(27)25(13)10(6)14(28)29)19-11(26)8(21-30-2)7-5-32-15(17)18-7;/h2*5,9,13H,3-4H2,1-2H3,(H2,17,18)(H,19,26)(H,28,29);1H/b2*21-8+;/t2*9-,13-;/m11./s1. The quantitative estimate of drug-likeness (QED) is 0.0266. The molecule has 28 nitrogen and oxygen atoms in total. The third kappa shape index (κ3) is 10.6. The number of rotatable bonds is 16. The molecule has 4 aliphatic heterocycles. The van der Waals surface area contributed by atoms with E-state index in [0.717, 1.165) is 22.7 Å². The fourth-order valence-electron chi connectivity index (χ4n) is 6.38. The second-order valence-corrected chi connectivity index (χ2v) is 19.2. The van der Waals surface area contributed by atoms with Crippen molar-refractivity contribution in [1.29, 1.82) is 0 Å². The smallest absolute Gasteiger partial charge is 1.00 e. The number of thioether (sulfide) groups is 4. The molecule has 0 bridgehead atoms. The van der Waals surface area contributed by atoms with Gasteiger partial charge in [0.05, 0.1) is 0 Å². The SMILES string of the molecule is CO/N=C(/C(=O)N[C@@H]1C(=O)N2C(C(=O)O)=C(CSc3nnnn3C)CS[C@H]12)c1csc(N)n1.CO/N=C(/C(=O)N[C@@H]1C(=O)N2C(C(=O)O)=C(CSc3nnnn3C)CS[C@H]12)c1csc(N)n1.[Cl-].[H+]. The number of carboxylic acids is 2. The number of carbonyl (C=O) groups excluding carboxylic acids is 4. The van der Waals surface area contributed by atoms with E-state index in [-0.39, 0.29) is 58.3 Å². The van der Waals surface area contributed by atoms with E-state index in [4.69, 9.17) is 21.1 Å². The minimum absolute atomic E-state index is 0. The number of β-lactam (4-membered cyclic amide) rings is 2. The van der Waals surface area contributed by atoms with Crippen molar-refractivity contribution in [3.05, 3.63) is 44.7 Å². The highest BCUT2D eigenvalue weighted by Crippen LogP contribution is 2.43. The van der Waals surface area contributed by atoms with Gasteiger partial charge in [-0.25, -0.2) is 28.9 Å². The van der Waals surface area contributed by atoms with Gasteiger partial charge in [0.25, 0.3) is 23.6 Å². The van der Waals surface area contributed by atoms with Gasteiger partial charge < -0.3 is 54.4 Å². The first-order valence-corrected chi connectivity index (χ1v) is 24.2. The number of oxime groups is 2. The van der Waals surface area contributed by atoms with Crippen molar-refractivity contribution in [1.82, 2.24) is 70.8 Å². The number of nitrogens with zero attached hydrogens (tertiary/aromatic N) is 14. The number of nitrogen functional groups attached to an aromatic ring is 2.